The van der Waals surface area contributed by atoms with Gasteiger partial charge in [-0.05, 0) is 26.1 Å². The molecule has 0 aliphatic heterocycles. The van der Waals surface area contributed by atoms with Crippen LogP contribution in [0.1, 0.15) is 78.3 Å². The van der Waals surface area contributed by atoms with Gasteiger partial charge in [0.2, 0.25) is 23.1 Å². The molecule has 1 rings (SSSR count). The number of methoxy groups -OCH3 is 2. The molecule has 5 heteroatoms. The van der Waals surface area contributed by atoms with E-state index in [1.165, 1.54) is 0 Å². The average molecular weight is 349 g/mol. The molecular weight excluding hydrogens is 308 g/mol. The highest BCUT2D eigenvalue weighted by molar-refractivity contribution is 6.23. The lowest BCUT2D eigenvalue weighted by molar-refractivity contribution is -0.121. The smallest absolute Gasteiger partial charge is 0.228 e. The highest BCUT2D eigenvalue weighted by Gasteiger charge is 2.34. The van der Waals surface area contributed by atoms with Crippen molar-refractivity contribution in [3.63, 3.8) is 0 Å². The normalized spacial score (nSPS) is 23.8. The van der Waals surface area contributed by atoms with Crippen molar-refractivity contribution in [1.82, 2.24) is 0 Å². The molecule has 0 bridgehead atoms. The van der Waals surface area contributed by atoms with Crippen molar-refractivity contribution in [2.75, 3.05) is 20.7 Å². The van der Waals surface area contributed by atoms with Gasteiger partial charge in [0.1, 0.15) is 0 Å². The molecule has 1 N–H and O–H groups in total. The molecule has 0 saturated carbocycles. The van der Waals surface area contributed by atoms with Crippen LogP contribution in [0, 0.1) is 0 Å². The van der Waals surface area contributed by atoms with Gasteiger partial charge in [-0.15, -0.1) is 0 Å². The van der Waals surface area contributed by atoms with E-state index in [9.17, 15) is 14.7 Å². The highest BCUT2D eigenvalue weighted by atomic mass is 16.5. The SMILES string of the molecule is [2H]C([2H])([2H])OC1=C(OC)C(=O)C(C([2H])([2H])[2H])=C(CCCCCCCCC([2H])([2H])C([2H])([2H])O)C1=O. The third kappa shape index (κ3) is 5.48. The number of hydrogen-bond donors (Lipinski definition) is 1. The quantitative estimate of drug-likeness (QED) is 0.432. The van der Waals surface area contributed by atoms with Crippen LogP contribution in [-0.2, 0) is 19.1 Å². The summed E-state index contributed by atoms with van der Waals surface area (Å²) in [5.41, 5.74) is -1.05. The molecule has 1 aliphatic rings. The van der Waals surface area contributed by atoms with Crippen LogP contribution in [0.2, 0.25) is 0 Å². The van der Waals surface area contributed by atoms with E-state index < -0.39 is 55.5 Å². The van der Waals surface area contributed by atoms with Gasteiger partial charge < -0.3 is 14.6 Å². The van der Waals surface area contributed by atoms with Gasteiger partial charge in [-0.25, -0.2) is 0 Å². The Morgan fingerprint density at radius 1 is 0.958 bits per heavy atom. The molecule has 5 nitrogen and oxygen atoms in total. The molecule has 0 aromatic heterocycles. The first kappa shape index (κ1) is 9.76. The van der Waals surface area contributed by atoms with E-state index in [2.05, 4.69) is 4.74 Å². The molecule has 0 heterocycles. The van der Waals surface area contributed by atoms with Gasteiger partial charge in [-0.1, -0.05) is 38.5 Å². The molecule has 0 unspecified atom stereocenters. The van der Waals surface area contributed by atoms with E-state index in [0.717, 1.165) is 7.11 Å². The van der Waals surface area contributed by atoms with E-state index >= 15 is 0 Å². The van der Waals surface area contributed by atoms with Gasteiger partial charge in [-0.2, -0.15) is 0 Å². The van der Waals surface area contributed by atoms with Crippen molar-refractivity contribution < 1.29 is 37.9 Å². The van der Waals surface area contributed by atoms with Crippen LogP contribution in [-0.4, -0.2) is 37.4 Å². The highest BCUT2D eigenvalue weighted by Crippen LogP contribution is 2.28. The summed E-state index contributed by atoms with van der Waals surface area (Å²) >= 11 is 0. The summed E-state index contributed by atoms with van der Waals surface area (Å²) in [6, 6.07) is 0. The van der Waals surface area contributed by atoms with Crippen molar-refractivity contribution >= 4 is 11.6 Å². The van der Waals surface area contributed by atoms with Gasteiger partial charge in [-0.3, -0.25) is 9.59 Å². The van der Waals surface area contributed by atoms with Crippen molar-refractivity contribution in [3.8, 4) is 0 Å². The van der Waals surface area contributed by atoms with Gasteiger partial charge in [0.05, 0.1) is 21.0 Å². The first-order chi connectivity index (χ1) is 15.3. The van der Waals surface area contributed by atoms with Crippen molar-refractivity contribution in [3.05, 3.63) is 22.7 Å². The Labute approximate surface area is 158 Å². The Bertz CT molecular complexity index is 819. The molecular formula is C19H30O5. The van der Waals surface area contributed by atoms with Gasteiger partial charge >= 0.3 is 0 Å². The zero-order chi connectivity index (χ0) is 26.5. The molecule has 0 aromatic rings. The monoisotopic (exact) mass is 348 g/mol. The maximum absolute atomic E-state index is 12.9. The predicted octanol–water partition coefficient (Wildman–Crippen LogP) is 3.46. The van der Waals surface area contributed by atoms with E-state index in [0.29, 0.717) is 38.5 Å². The lowest BCUT2D eigenvalue weighted by Crippen LogP contribution is -2.25. The fraction of sp³-hybridized carbons (Fsp3) is 0.684. The number of carbonyl (C=O) groups is 2. The summed E-state index contributed by atoms with van der Waals surface area (Å²) in [6.07, 6.45) is 0.512. The van der Waals surface area contributed by atoms with Crippen molar-refractivity contribution in [1.29, 1.82) is 0 Å². The first-order valence-electron chi connectivity index (χ1n) is 12.9. The third-order valence-corrected chi connectivity index (χ3v) is 3.79. The standard InChI is InChI=1S/C19H30O5/c1-14-15(12-10-8-6-4-5-7-9-11-13-20)17(22)19(24-3)18(23-2)16(14)21/h20H,4-13H2,1-3H3/i1D3,3D3,11D2,13D2. The summed E-state index contributed by atoms with van der Waals surface area (Å²) in [6.45, 7) is -5.85. The minimum Gasteiger partial charge on any atom is -0.489 e. The molecule has 1 aliphatic carbocycles. The van der Waals surface area contributed by atoms with E-state index in [1.54, 1.807) is 0 Å². The number of allylic oxidation sites excluding steroid dienone is 2. The summed E-state index contributed by atoms with van der Waals surface area (Å²) in [4.78, 5) is 25.6. The Hall–Kier alpha value is -1.62. The molecule has 24 heavy (non-hydrogen) atoms. The fourth-order valence-electron chi connectivity index (χ4n) is 2.50. The zero-order valence-electron chi connectivity index (χ0n) is 23.7. The third-order valence-electron chi connectivity index (χ3n) is 3.79. The first-order valence-corrected chi connectivity index (χ1v) is 7.86. The Morgan fingerprint density at radius 2 is 1.58 bits per heavy atom. The summed E-state index contributed by atoms with van der Waals surface area (Å²) in [7, 11) is -2.05. The maximum Gasteiger partial charge on any atom is 0.228 e. The van der Waals surface area contributed by atoms with E-state index in [-0.39, 0.29) is 18.4 Å². The second-order valence-electron chi connectivity index (χ2n) is 5.39. The van der Waals surface area contributed by atoms with Crippen LogP contribution >= 0.6 is 0 Å². The van der Waals surface area contributed by atoms with Gasteiger partial charge in [0, 0.05) is 24.6 Å². The molecule has 0 amide bonds. The molecule has 136 valence electrons. The molecule has 0 atom stereocenters. The lowest BCUT2D eigenvalue weighted by atomic mass is 9.89. The van der Waals surface area contributed by atoms with Crippen molar-refractivity contribution in [2.45, 2.75) is 64.6 Å². The lowest BCUT2D eigenvalue weighted by Gasteiger charge is -2.20. The topological polar surface area (TPSA) is 72.8 Å². The average Bonchev–Trinajstić information content (AvgIpc) is 2.64. The van der Waals surface area contributed by atoms with Crippen molar-refractivity contribution in [2.24, 2.45) is 0 Å². The van der Waals surface area contributed by atoms with Crippen LogP contribution < -0.4 is 0 Å². The Balaban J connectivity index is 2.78. The predicted molar refractivity (Wildman–Crippen MR) is 92.4 cm³/mol. The number of rotatable bonds is 12. The molecule has 0 saturated heterocycles. The van der Waals surface area contributed by atoms with Gasteiger partial charge in [0.25, 0.3) is 0 Å². The molecule has 0 radical (unpaired) electrons. The van der Waals surface area contributed by atoms with Crippen LogP contribution in [0.3, 0.4) is 0 Å². The number of ether oxygens (including phenoxy) is 2. The second-order valence-corrected chi connectivity index (χ2v) is 5.39. The number of unbranched alkanes of at least 4 members (excludes halogenated alkanes) is 5. The number of hydrogen-bond acceptors (Lipinski definition) is 5. The Kier molecular flexibility index (Phi) is 4.48. The van der Waals surface area contributed by atoms with E-state index in [1.807, 2.05) is 0 Å². The number of Topliss-reactive ketones (excluding diaryl/α,β-unsaturated/α-hetero) is 2. The molecule has 0 fully saturated rings. The fourth-order valence-corrected chi connectivity index (χ4v) is 2.50. The number of carbonyl (C=O) groups excluding carboxylic acids is 2. The minimum atomic E-state index is -3.05. The van der Waals surface area contributed by atoms with Crippen LogP contribution in [0.4, 0.5) is 0 Å². The molecule has 0 spiro atoms. The number of ketones is 2. The van der Waals surface area contributed by atoms with Gasteiger partial charge in [0.15, 0.2) is 0 Å². The minimum absolute atomic E-state index is 0.0869. The van der Waals surface area contributed by atoms with E-state index in [4.69, 9.17) is 18.4 Å². The summed E-state index contributed by atoms with van der Waals surface area (Å²) in [5, 5.41) is 9.19. The summed E-state index contributed by atoms with van der Waals surface area (Å²) in [5.74, 6) is -3.73. The summed E-state index contributed by atoms with van der Waals surface area (Å²) < 4.78 is 83.4. The zero-order valence-corrected chi connectivity index (χ0v) is 13.7. The second kappa shape index (κ2) is 11.0. The molecule has 0 aromatic carbocycles. The maximum atomic E-state index is 12.9. The van der Waals surface area contributed by atoms with Crippen LogP contribution in [0.25, 0.3) is 0 Å². The van der Waals surface area contributed by atoms with Crippen LogP contribution in [0.5, 0.6) is 0 Å². The Morgan fingerprint density at radius 3 is 2.17 bits per heavy atom. The largest absolute Gasteiger partial charge is 0.489 e. The van der Waals surface area contributed by atoms with Crippen LogP contribution in [0.15, 0.2) is 22.7 Å². The number of aliphatic hydroxyl groups is 1.